The van der Waals surface area contributed by atoms with Crippen molar-refractivity contribution in [2.75, 3.05) is 19.6 Å². The number of halogens is 1. The summed E-state index contributed by atoms with van der Waals surface area (Å²) >= 11 is 6.01. The summed E-state index contributed by atoms with van der Waals surface area (Å²) in [5, 5.41) is 7.17. The maximum absolute atomic E-state index is 12.9. The Labute approximate surface area is 170 Å². The summed E-state index contributed by atoms with van der Waals surface area (Å²) in [7, 11) is 0. The van der Waals surface area contributed by atoms with Crippen LogP contribution < -0.4 is 5.56 Å². The molecule has 0 radical (unpaired) electrons. The molecule has 2 aromatic carbocycles. The Hall–Kier alpha value is -2.17. The molecule has 1 fully saturated rings. The second-order valence-corrected chi connectivity index (χ2v) is 8.02. The molecule has 0 amide bonds. The summed E-state index contributed by atoms with van der Waals surface area (Å²) in [6.45, 7) is 4.06. The minimum absolute atomic E-state index is 0.00843. The molecule has 1 aliphatic rings. The molecule has 1 aliphatic heterocycles. The molecule has 1 saturated heterocycles. The molecule has 0 spiro atoms. The van der Waals surface area contributed by atoms with Crippen LogP contribution in [0, 0.1) is 0 Å². The van der Waals surface area contributed by atoms with E-state index < -0.39 is 0 Å². The molecular formula is C23H26ClN3O. The van der Waals surface area contributed by atoms with Gasteiger partial charge in [-0.1, -0.05) is 48.4 Å². The van der Waals surface area contributed by atoms with Gasteiger partial charge in [0.1, 0.15) is 0 Å². The smallest absolute Gasteiger partial charge is 0.274 e. The molecule has 146 valence electrons. The Morgan fingerprint density at radius 3 is 2.36 bits per heavy atom. The van der Waals surface area contributed by atoms with Crippen LogP contribution in [-0.4, -0.2) is 34.3 Å². The maximum Gasteiger partial charge on any atom is 0.274 e. The fraction of sp³-hybridized carbons (Fsp3) is 0.391. The van der Waals surface area contributed by atoms with E-state index in [0.717, 1.165) is 40.0 Å². The molecule has 4 nitrogen and oxygen atoms in total. The van der Waals surface area contributed by atoms with E-state index in [1.54, 1.807) is 4.68 Å². The molecule has 2 heterocycles. The van der Waals surface area contributed by atoms with Gasteiger partial charge in [-0.3, -0.25) is 4.79 Å². The van der Waals surface area contributed by atoms with Gasteiger partial charge in [-0.25, -0.2) is 4.68 Å². The zero-order valence-corrected chi connectivity index (χ0v) is 16.9. The summed E-state index contributed by atoms with van der Waals surface area (Å²) in [4.78, 5) is 15.4. The molecule has 0 aliphatic carbocycles. The molecule has 3 aromatic rings. The van der Waals surface area contributed by atoms with Crippen molar-refractivity contribution in [2.45, 2.75) is 38.6 Å². The summed E-state index contributed by atoms with van der Waals surface area (Å²) in [5.41, 5.74) is 2.09. The highest BCUT2D eigenvalue weighted by atomic mass is 35.5. The second-order valence-electron chi connectivity index (χ2n) is 7.58. The van der Waals surface area contributed by atoms with Crippen LogP contribution >= 0.6 is 11.6 Å². The van der Waals surface area contributed by atoms with Gasteiger partial charge in [0.15, 0.2) is 0 Å². The summed E-state index contributed by atoms with van der Waals surface area (Å²) < 4.78 is 1.66. The van der Waals surface area contributed by atoms with Crippen molar-refractivity contribution < 1.29 is 0 Å². The van der Waals surface area contributed by atoms with Crippen molar-refractivity contribution in [1.29, 1.82) is 0 Å². The molecule has 28 heavy (non-hydrogen) atoms. The number of likely N-dealkylation sites (tertiary alicyclic amines) is 1. The number of piperidine rings is 1. The van der Waals surface area contributed by atoms with Crippen LogP contribution in [0.15, 0.2) is 53.3 Å². The van der Waals surface area contributed by atoms with Crippen LogP contribution in [0.25, 0.3) is 10.8 Å². The zero-order valence-electron chi connectivity index (χ0n) is 16.1. The predicted octanol–water partition coefficient (Wildman–Crippen LogP) is 4.52. The predicted molar refractivity (Wildman–Crippen MR) is 115 cm³/mol. The highest BCUT2D eigenvalue weighted by molar-refractivity contribution is 6.30. The lowest BCUT2D eigenvalue weighted by Crippen LogP contribution is -2.32. The van der Waals surface area contributed by atoms with E-state index in [9.17, 15) is 4.79 Å². The normalized spacial score (nSPS) is 15.2. The van der Waals surface area contributed by atoms with Gasteiger partial charge in [-0.2, -0.15) is 5.10 Å². The fourth-order valence-electron chi connectivity index (χ4n) is 4.01. The van der Waals surface area contributed by atoms with E-state index >= 15 is 0 Å². The molecule has 0 N–H and O–H groups in total. The first-order valence-corrected chi connectivity index (χ1v) is 10.5. The first kappa shape index (κ1) is 19.2. The molecular weight excluding hydrogens is 370 g/mol. The lowest BCUT2D eigenvalue weighted by atomic mass is 10.0. The number of aryl methyl sites for hydroxylation is 1. The largest absolute Gasteiger partial charge is 0.303 e. The third kappa shape index (κ3) is 4.45. The number of aromatic nitrogens is 2. The Bertz CT molecular complexity index is 991. The Morgan fingerprint density at radius 2 is 1.61 bits per heavy atom. The SMILES string of the molecule is O=c1c2ccccc2c(Cc2ccc(Cl)cc2)nn1CCCN1CCCCC1. The molecule has 1 aromatic heterocycles. The van der Waals surface area contributed by atoms with Crippen molar-refractivity contribution >= 4 is 22.4 Å². The fourth-order valence-corrected chi connectivity index (χ4v) is 4.14. The van der Waals surface area contributed by atoms with Crippen molar-refractivity contribution in [3.8, 4) is 0 Å². The van der Waals surface area contributed by atoms with E-state index in [1.807, 2.05) is 48.5 Å². The quantitative estimate of drug-likeness (QED) is 0.616. The number of benzene rings is 2. The first-order chi connectivity index (χ1) is 13.7. The van der Waals surface area contributed by atoms with Gasteiger partial charge in [0, 0.05) is 23.4 Å². The highest BCUT2D eigenvalue weighted by Gasteiger charge is 2.13. The van der Waals surface area contributed by atoms with Gasteiger partial charge < -0.3 is 4.90 Å². The lowest BCUT2D eigenvalue weighted by Gasteiger charge is -2.26. The summed E-state index contributed by atoms with van der Waals surface area (Å²) in [6, 6.07) is 15.6. The second kappa shape index (κ2) is 8.89. The van der Waals surface area contributed by atoms with Gasteiger partial charge in [-0.05, 0) is 62.7 Å². The molecule has 5 heteroatoms. The van der Waals surface area contributed by atoms with E-state index in [0.29, 0.717) is 13.0 Å². The van der Waals surface area contributed by atoms with Gasteiger partial charge in [0.25, 0.3) is 5.56 Å². The van der Waals surface area contributed by atoms with Gasteiger partial charge in [0.05, 0.1) is 11.1 Å². The average Bonchev–Trinajstić information content (AvgIpc) is 2.73. The van der Waals surface area contributed by atoms with Gasteiger partial charge in [-0.15, -0.1) is 0 Å². The highest BCUT2D eigenvalue weighted by Crippen LogP contribution is 2.18. The van der Waals surface area contributed by atoms with Crippen LogP contribution in [0.4, 0.5) is 0 Å². The van der Waals surface area contributed by atoms with Gasteiger partial charge >= 0.3 is 0 Å². The maximum atomic E-state index is 12.9. The van der Waals surface area contributed by atoms with Crippen molar-refractivity contribution in [2.24, 2.45) is 0 Å². The molecule has 4 rings (SSSR count). The molecule has 0 unspecified atom stereocenters. The number of rotatable bonds is 6. The number of nitrogens with zero attached hydrogens (tertiary/aromatic N) is 3. The number of hydrogen-bond acceptors (Lipinski definition) is 3. The van der Waals surface area contributed by atoms with Crippen LogP contribution in [0.3, 0.4) is 0 Å². The van der Waals surface area contributed by atoms with Crippen LogP contribution in [0.5, 0.6) is 0 Å². The van der Waals surface area contributed by atoms with Crippen molar-refractivity contribution in [3.63, 3.8) is 0 Å². The van der Waals surface area contributed by atoms with E-state index in [4.69, 9.17) is 16.7 Å². The summed E-state index contributed by atoms with van der Waals surface area (Å²) in [5.74, 6) is 0. The zero-order chi connectivity index (χ0) is 19.3. The molecule has 0 bridgehead atoms. The Balaban J connectivity index is 1.58. The van der Waals surface area contributed by atoms with E-state index in [1.165, 1.54) is 32.4 Å². The average molecular weight is 396 g/mol. The third-order valence-electron chi connectivity index (χ3n) is 5.52. The van der Waals surface area contributed by atoms with Crippen LogP contribution in [-0.2, 0) is 13.0 Å². The molecule has 0 saturated carbocycles. The standard InChI is InChI=1S/C23H26ClN3O/c24-19-11-9-18(10-12-19)17-22-20-7-2-3-8-21(20)23(28)27(25-22)16-6-15-26-13-4-1-5-14-26/h2-3,7-12H,1,4-6,13-17H2. The van der Waals surface area contributed by atoms with E-state index in [2.05, 4.69) is 4.90 Å². The van der Waals surface area contributed by atoms with E-state index in [-0.39, 0.29) is 5.56 Å². The first-order valence-electron chi connectivity index (χ1n) is 10.2. The summed E-state index contributed by atoms with van der Waals surface area (Å²) in [6.07, 6.45) is 5.56. The van der Waals surface area contributed by atoms with Gasteiger partial charge in [0.2, 0.25) is 0 Å². The Kier molecular flexibility index (Phi) is 6.08. The Morgan fingerprint density at radius 1 is 0.893 bits per heavy atom. The van der Waals surface area contributed by atoms with Crippen molar-refractivity contribution in [1.82, 2.24) is 14.7 Å². The topological polar surface area (TPSA) is 38.1 Å². The minimum atomic E-state index is 0.00843. The monoisotopic (exact) mass is 395 g/mol. The van der Waals surface area contributed by atoms with Crippen LogP contribution in [0.1, 0.15) is 36.9 Å². The minimum Gasteiger partial charge on any atom is -0.303 e. The number of fused-ring (bicyclic) bond motifs is 1. The molecule has 0 atom stereocenters. The van der Waals surface area contributed by atoms with Crippen LogP contribution in [0.2, 0.25) is 5.02 Å². The van der Waals surface area contributed by atoms with Crippen molar-refractivity contribution in [3.05, 3.63) is 75.2 Å². The number of hydrogen-bond donors (Lipinski definition) is 0. The lowest BCUT2D eigenvalue weighted by molar-refractivity contribution is 0.221. The third-order valence-corrected chi connectivity index (χ3v) is 5.77.